The van der Waals surface area contributed by atoms with E-state index in [-0.39, 0.29) is 43.0 Å². The Labute approximate surface area is 189 Å². The third-order valence-corrected chi connectivity index (χ3v) is 5.19. The molecule has 1 saturated heterocycles. The lowest BCUT2D eigenvalue weighted by Gasteiger charge is -2.16. The molecular formula is C21H25N5O7. The summed E-state index contributed by atoms with van der Waals surface area (Å²) in [5.74, 6) is -2.20. The predicted molar refractivity (Wildman–Crippen MR) is 115 cm³/mol. The number of methoxy groups -OCH3 is 2. The van der Waals surface area contributed by atoms with E-state index in [1.165, 1.54) is 7.11 Å². The monoisotopic (exact) mass is 459 g/mol. The lowest BCUT2D eigenvalue weighted by atomic mass is 10.0. The van der Waals surface area contributed by atoms with Crippen molar-refractivity contribution in [3.8, 4) is 17.3 Å². The first-order valence-electron chi connectivity index (χ1n) is 10.2. The number of carboxylic acids is 2. The Bertz CT molecular complexity index is 1050. The van der Waals surface area contributed by atoms with Crippen molar-refractivity contribution < 1.29 is 34.1 Å². The molecule has 0 radical (unpaired) electrons. The van der Waals surface area contributed by atoms with Crippen molar-refractivity contribution in [1.29, 1.82) is 0 Å². The fraction of sp³-hybridized carbons (Fsp3) is 0.429. The van der Waals surface area contributed by atoms with E-state index in [0.717, 1.165) is 6.42 Å². The average Bonchev–Trinajstić information content (AvgIpc) is 3.30. The molecule has 0 bridgehead atoms. The molecule has 1 aliphatic heterocycles. The van der Waals surface area contributed by atoms with Crippen LogP contribution in [0.2, 0.25) is 0 Å². The molecule has 1 amide bonds. The first-order valence-corrected chi connectivity index (χ1v) is 10.2. The molecule has 0 saturated carbocycles. The van der Waals surface area contributed by atoms with Crippen LogP contribution in [0, 0.1) is 0 Å². The van der Waals surface area contributed by atoms with E-state index in [1.807, 2.05) is 0 Å². The van der Waals surface area contributed by atoms with Gasteiger partial charge in [0.15, 0.2) is 5.69 Å². The van der Waals surface area contributed by atoms with Gasteiger partial charge in [-0.05, 0) is 36.6 Å². The highest BCUT2D eigenvalue weighted by atomic mass is 16.5. The SMILES string of the molecule is COc1nc(-c2nnc(C(=O)N3CCC(OC)C3)cc2CCC(=O)O)ccc1NCC(=O)O. The molecule has 176 valence electrons. The molecule has 1 aliphatic rings. The molecule has 33 heavy (non-hydrogen) atoms. The van der Waals surface area contributed by atoms with Crippen molar-refractivity contribution in [2.75, 3.05) is 39.2 Å². The summed E-state index contributed by atoms with van der Waals surface area (Å²) in [7, 11) is 2.99. The number of nitrogens with one attached hydrogen (secondary N) is 1. The van der Waals surface area contributed by atoms with Gasteiger partial charge in [-0.2, -0.15) is 0 Å². The van der Waals surface area contributed by atoms with E-state index in [9.17, 15) is 14.4 Å². The van der Waals surface area contributed by atoms with E-state index in [1.54, 1.807) is 30.2 Å². The van der Waals surface area contributed by atoms with Gasteiger partial charge in [0.2, 0.25) is 5.88 Å². The van der Waals surface area contributed by atoms with Gasteiger partial charge in [0.1, 0.15) is 12.2 Å². The number of ether oxygens (including phenoxy) is 2. The largest absolute Gasteiger partial charge is 0.481 e. The number of carbonyl (C=O) groups excluding carboxylic acids is 1. The molecule has 12 heteroatoms. The zero-order valence-corrected chi connectivity index (χ0v) is 18.3. The van der Waals surface area contributed by atoms with E-state index in [0.29, 0.717) is 35.7 Å². The van der Waals surface area contributed by atoms with Crippen LogP contribution in [0.15, 0.2) is 18.2 Å². The number of aliphatic carboxylic acids is 2. The number of nitrogens with zero attached hydrogens (tertiary/aromatic N) is 4. The van der Waals surface area contributed by atoms with Crippen LogP contribution in [-0.2, 0) is 20.7 Å². The fourth-order valence-electron chi connectivity index (χ4n) is 3.48. The number of likely N-dealkylation sites (tertiary alicyclic amines) is 1. The summed E-state index contributed by atoms with van der Waals surface area (Å²) in [5, 5.41) is 29.0. The molecule has 3 rings (SSSR count). The van der Waals surface area contributed by atoms with Crippen molar-refractivity contribution >= 4 is 23.5 Å². The first kappa shape index (κ1) is 23.9. The van der Waals surface area contributed by atoms with Gasteiger partial charge in [-0.1, -0.05) is 0 Å². The van der Waals surface area contributed by atoms with Gasteiger partial charge in [0.05, 0.1) is 24.6 Å². The molecule has 0 spiro atoms. The smallest absolute Gasteiger partial charge is 0.322 e. The molecule has 2 aromatic heterocycles. The van der Waals surface area contributed by atoms with Crippen LogP contribution in [-0.4, -0.2) is 88.1 Å². The summed E-state index contributed by atoms with van der Waals surface area (Å²) in [4.78, 5) is 40.9. The third kappa shape index (κ3) is 5.92. The Balaban J connectivity index is 1.93. The number of anilines is 1. The summed E-state index contributed by atoms with van der Waals surface area (Å²) in [6.07, 6.45) is 0.644. The van der Waals surface area contributed by atoms with Crippen LogP contribution >= 0.6 is 0 Å². The van der Waals surface area contributed by atoms with Crippen molar-refractivity contribution in [2.24, 2.45) is 0 Å². The number of rotatable bonds is 10. The van der Waals surface area contributed by atoms with Crippen molar-refractivity contribution in [3.63, 3.8) is 0 Å². The van der Waals surface area contributed by atoms with Gasteiger partial charge in [0.25, 0.3) is 5.91 Å². The van der Waals surface area contributed by atoms with E-state index < -0.39 is 11.9 Å². The number of amides is 1. The zero-order valence-electron chi connectivity index (χ0n) is 18.3. The van der Waals surface area contributed by atoms with Crippen LogP contribution in [0.25, 0.3) is 11.4 Å². The summed E-state index contributed by atoms with van der Waals surface area (Å²) in [6.45, 7) is 0.667. The highest BCUT2D eigenvalue weighted by Gasteiger charge is 2.28. The number of pyridine rings is 1. The molecule has 12 nitrogen and oxygen atoms in total. The molecule has 2 aromatic rings. The number of carboxylic acid groups (broad SMARTS) is 2. The average molecular weight is 459 g/mol. The third-order valence-electron chi connectivity index (χ3n) is 5.19. The minimum atomic E-state index is -1.04. The van der Waals surface area contributed by atoms with Crippen molar-refractivity contribution in [2.45, 2.75) is 25.4 Å². The van der Waals surface area contributed by atoms with Crippen LogP contribution in [0.3, 0.4) is 0 Å². The van der Waals surface area contributed by atoms with E-state index in [4.69, 9.17) is 19.7 Å². The van der Waals surface area contributed by atoms with Gasteiger partial charge in [-0.15, -0.1) is 10.2 Å². The molecule has 3 heterocycles. The van der Waals surface area contributed by atoms with Crippen LogP contribution in [0.5, 0.6) is 5.88 Å². The zero-order chi connectivity index (χ0) is 24.0. The lowest BCUT2D eigenvalue weighted by molar-refractivity contribution is -0.137. The topological polar surface area (TPSA) is 164 Å². The molecule has 1 fully saturated rings. The molecule has 3 N–H and O–H groups in total. The second kappa shape index (κ2) is 10.7. The predicted octanol–water partition coefficient (Wildman–Crippen LogP) is 0.922. The summed E-state index contributed by atoms with van der Waals surface area (Å²) in [5.41, 5.74) is 1.64. The summed E-state index contributed by atoms with van der Waals surface area (Å²) in [6, 6.07) is 4.71. The Morgan fingerprint density at radius 2 is 1.97 bits per heavy atom. The molecule has 0 aromatic carbocycles. The molecule has 1 atom stereocenters. The molecule has 1 unspecified atom stereocenters. The van der Waals surface area contributed by atoms with Crippen LogP contribution < -0.4 is 10.1 Å². The number of aromatic nitrogens is 3. The maximum absolute atomic E-state index is 12.9. The highest BCUT2D eigenvalue weighted by molar-refractivity contribution is 5.93. The molecule has 0 aliphatic carbocycles. The Hall–Kier alpha value is -3.80. The van der Waals surface area contributed by atoms with Crippen LogP contribution in [0.1, 0.15) is 28.9 Å². The minimum absolute atomic E-state index is 0.0300. The second-order valence-corrected chi connectivity index (χ2v) is 7.40. The number of aryl methyl sites for hydroxylation is 1. The lowest BCUT2D eigenvalue weighted by Crippen LogP contribution is -2.31. The van der Waals surface area contributed by atoms with Gasteiger partial charge in [-0.25, -0.2) is 4.98 Å². The van der Waals surface area contributed by atoms with Crippen molar-refractivity contribution in [3.05, 3.63) is 29.5 Å². The number of hydrogen-bond donors (Lipinski definition) is 3. The summed E-state index contributed by atoms with van der Waals surface area (Å²) < 4.78 is 10.5. The minimum Gasteiger partial charge on any atom is -0.481 e. The second-order valence-electron chi connectivity index (χ2n) is 7.40. The standard InChI is InChI=1S/C21H25N5O7/c1-32-13-7-8-26(11-13)21(31)16-9-12(3-6-17(27)28)19(25-24-16)14-4-5-15(20(23-14)33-2)22-10-18(29)30/h4-5,9,13,22H,3,6-8,10-11H2,1-2H3,(H,27,28)(H,29,30). The quantitative estimate of drug-likeness (QED) is 0.463. The first-order chi connectivity index (χ1) is 15.8. The van der Waals surface area contributed by atoms with E-state index >= 15 is 0 Å². The molecular weight excluding hydrogens is 434 g/mol. The fourth-order valence-corrected chi connectivity index (χ4v) is 3.48. The maximum Gasteiger partial charge on any atom is 0.322 e. The number of carbonyl (C=O) groups is 3. The summed E-state index contributed by atoms with van der Waals surface area (Å²) >= 11 is 0. The van der Waals surface area contributed by atoms with E-state index in [2.05, 4.69) is 20.5 Å². The maximum atomic E-state index is 12.9. The Kier molecular flexibility index (Phi) is 7.72. The van der Waals surface area contributed by atoms with Crippen molar-refractivity contribution in [1.82, 2.24) is 20.1 Å². The van der Waals surface area contributed by atoms with Gasteiger partial charge in [-0.3, -0.25) is 14.4 Å². The normalized spacial score (nSPS) is 15.3. The van der Waals surface area contributed by atoms with Gasteiger partial charge < -0.3 is 29.9 Å². The Morgan fingerprint density at radius 3 is 2.61 bits per heavy atom. The van der Waals surface area contributed by atoms with Crippen LogP contribution in [0.4, 0.5) is 5.69 Å². The van der Waals surface area contributed by atoms with Gasteiger partial charge in [0, 0.05) is 26.6 Å². The van der Waals surface area contributed by atoms with Gasteiger partial charge >= 0.3 is 11.9 Å². The number of hydrogen-bond acceptors (Lipinski definition) is 9. The highest BCUT2D eigenvalue weighted by Crippen LogP contribution is 2.28. The Morgan fingerprint density at radius 1 is 1.18 bits per heavy atom.